The Morgan fingerprint density at radius 1 is 1.13 bits per heavy atom. The molecule has 1 amide bonds. The second-order valence-electron chi connectivity index (χ2n) is 5.54. The van der Waals surface area contributed by atoms with Gasteiger partial charge in [-0.05, 0) is 43.9 Å². The Hall–Kier alpha value is -1.85. The van der Waals surface area contributed by atoms with Gasteiger partial charge >= 0.3 is 0 Å². The van der Waals surface area contributed by atoms with Crippen molar-refractivity contribution in [1.29, 1.82) is 0 Å². The second kappa shape index (κ2) is 8.70. The van der Waals surface area contributed by atoms with E-state index in [4.69, 9.17) is 4.74 Å². The lowest BCUT2D eigenvalue weighted by Crippen LogP contribution is -2.37. The van der Waals surface area contributed by atoms with Gasteiger partial charge in [-0.2, -0.15) is 0 Å². The third-order valence-corrected chi connectivity index (χ3v) is 3.80. The van der Waals surface area contributed by atoms with Gasteiger partial charge in [-0.1, -0.05) is 46.3 Å². The van der Waals surface area contributed by atoms with Crippen LogP contribution in [-0.2, 0) is 4.79 Å². The molecule has 0 saturated heterocycles. The zero-order valence-electron chi connectivity index (χ0n) is 13.3. The number of benzene rings is 2. The van der Waals surface area contributed by atoms with Crippen LogP contribution in [0.2, 0.25) is 0 Å². The molecule has 0 unspecified atom stereocenters. The number of carbonyl (C=O) groups excluding carboxylic acids is 1. The number of likely N-dealkylation sites (N-methyl/N-ethyl adjacent to an activating group) is 1. The molecule has 0 saturated carbocycles. The first-order chi connectivity index (χ1) is 11.0. The fourth-order valence-electron chi connectivity index (χ4n) is 2.20. The van der Waals surface area contributed by atoms with Gasteiger partial charge in [0, 0.05) is 11.0 Å². The number of halogens is 1. The highest BCUT2D eigenvalue weighted by Crippen LogP contribution is 2.16. The Labute approximate surface area is 145 Å². The highest BCUT2D eigenvalue weighted by atomic mass is 79.9. The second-order valence-corrected chi connectivity index (χ2v) is 6.45. The van der Waals surface area contributed by atoms with Crippen LogP contribution in [0.1, 0.15) is 11.6 Å². The van der Waals surface area contributed by atoms with E-state index in [0.29, 0.717) is 5.75 Å². The molecule has 1 atom stereocenters. The van der Waals surface area contributed by atoms with Gasteiger partial charge in [-0.3, -0.25) is 4.79 Å². The molecule has 0 heterocycles. The Bertz CT molecular complexity index is 615. The fraction of sp³-hybridized carbons (Fsp3) is 0.278. The van der Waals surface area contributed by atoms with Gasteiger partial charge in [0.05, 0.1) is 6.04 Å². The predicted octanol–water partition coefficient (Wildman–Crippen LogP) is 3.25. The number of amides is 1. The Balaban J connectivity index is 1.93. The van der Waals surface area contributed by atoms with Crippen molar-refractivity contribution in [3.63, 3.8) is 0 Å². The van der Waals surface area contributed by atoms with Gasteiger partial charge in [0.1, 0.15) is 5.75 Å². The number of rotatable bonds is 7. The molecule has 0 aliphatic heterocycles. The van der Waals surface area contributed by atoms with Crippen molar-refractivity contribution in [1.82, 2.24) is 10.2 Å². The van der Waals surface area contributed by atoms with Gasteiger partial charge in [0.2, 0.25) is 0 Å². The summed E-state index contributed by atoms with van der Waals surface area (Å²) in [6.07, 6.45) is 0. The van der Waals surface area contributed by atoms with Gasteiger partial charge in [0.15, 0.2) is 6.61 Å². The topological polar surface area (TPSA) is 41.6 Å². The SMILES string of the molecule is CN(C)C[C@@H](NC(=O)COc1ccc(Br)cc1)c1ccccc1. The molecule has 0 aliphatic carbocycles. The maximum atomic E-state index is 12.2. The van der Waals surface area contributed by atoms with Gasteiger partial charge in [-0.25, -0.2) is 0 Å². The van der Waals surface area contributed by atoms with Crippen LogP contribution in [0.3, 0.4) is 0 Å². The summed E-state index contributed by atoms with van der Waals surface area (Å²) < 4.78 is 6.49. The molecular formula is C18H21BrN2O2. The molecule has 23 heavy (non-hydrogen) atoms. The van der Waals surface area contributed by atoms with E-state index in [1.165, 1.54) is 0 Å². The number of carbonyl (C=O) groups is 1. The monoisotopic (exact) mass is 376 g/mol. The first-order valence-corrected chi connectivity index (χ1v) is 8.21. The summed E-state index contributed by atoms with van der Waals surface area (Å²) >= 11 is 3.37. The first-order valence-electron chi connectivity index (χ1n) is 7.42. The third kappa shape index (κ3) is 6.04. The highest BCUT2D eigenvalue weighted by molar-refractivity contribution is 9.10. The molecule has 0 spiro atoms. The van der Waals surface area contributed by atoms with E-state index >= 15 is 0 Å². The van der Waals surface area contributed by atoms with Crippen molar-refractivity contribution < 1.29 is 9.53 Å². The summed E-state index contributed by atoms with van der Waals surface area (Å²) in [6, 6.07) is 17.3. The number of nitrogens with one attached hydrogen (secondary N) is 1. The molecule has 0 aromatic heterocycles. The van der Waals surface area contributed by atoms with Gasteiger partial charge in [-0.15, -0.1) is 0 Å². The molecule has 0 fully saturated rings. The summed E-state index contributed by atoms with van der Waals surface area (Å²) in [4.78, 5) is 14.2. The van der Waals surface area contributed by atoms with E-state index in [0.717, 1.165) is 16.6 Å². The Morgan fingerprint density at radius 3 is 2.39 bits per heavy atom. The van der Waals surface area contributed by atoms with Crippen molar-refractivity contribution >= 4 is 21.8 Å². The number of ether oxygens (including phenoxy) is 1. The maximum absolute atomic E-state index is 12.2. The van der Waals surface area contributed by atoms with E-state index < -0.39 is 0 Å². The summed E-state index contributed by atoms with van der Waals surface area (Å²) in [6.45, 7) is 0.729. The minimum absolute atomic E-state index is 0.00159. The molecule has 2 rings (SSSR count). The van der Waals surface area contributed by atoms with Crippen LogP contribution in [0.4, 0.5) is 0 Å². The molecule has 2 aromatic carbocycles. The zero-order chi connectivity index (χ0) is 16.7. The van der Waals surface area contributed by atoms with Crippen LogP contribution in [0.15, 0.2) is 59.1 Å². The summed E-state index contributed by atoms with van der Waals surface area (Å²) in [5.41, 5.74) is 1.08. The third-order valence-electron chi connectivity index (χ3n) is 3.27. The van der Waals surface area contributed by atoms with Crippen LogP contribution in [0.25, 0.3) is 0 Å². The lowest BCUT2D eigenvalue weighted by atomic mass is 10.1. The van der Waals surface area contributed by atoms with Crippen LogP contribution in [0, 0.1) is 0 Å². The van der Waals surface area contributed by atoms with Crippen molar-refractivity contribution in [2.45, 2.75) is 6.04 Å². The summed E-state index contributed by atoms with van der Waals surface area (Å²) in [7, 11) is 3.97. The maximum Gasteiger partial charge on any atom is 0.258 e. The largest absolute Gasteiger partial charge is 0.484 e. The van der Waals surface area contributed by atoms with Gasteiger partial charge < -0.3 is 15.0 Å². The van der Waals surface area contributed by atoms with E-state index in [1.807, 2.05) is 73.6 Å². The number of nitrogens with zero attached hydrogens (tertiary/aromatic N) is 1. The lowest BCUT2D eigenvalue weighted by molar-refractivity contribution is -0.124. The molecule has 122 valence electrons. The molecule has 4 nitrogen and oxygen atoms in total. The number of hydrogen-bond donors (Lipinski definition) is 1. The lowest BCUT2D eigenvalue weighted by Gasteiger charge is -2.23. The van der Waals surface area contributed by atoms with E-state index in [9.17, 15) is 4.79 Å². The van der Waals surface area contributed by atoms with Crippen molar-refractivity contribution in [3.05, 3.63) is 64.6 Å². The minimum atomic E-state index is -0.136. The average Bonchev–Trinajstić information content (AvgIpc) is 2.54. The molecule has 5 heteroatoms. The van der Waals surface area contributed by atoms with Crippen molar-refractivity contribution in [2.24, 2.45) is 0 Å². The summed E-state index contributed by atoms with van der Waals surface area (Å²) in [5, 5.41) is 3.03. The zero-order valence-corrected chi connectivity index (χ0v) is 14.9. The fourth-order valence-corrected chi connectivity index (χ4v) is 2.46. The normalized spacial score (nSPS) is 12.0. The van der Waals surface area contributed by atoms with Crippen LogP contribution in [-0.4, -0.2) is 38.1 Å². The molecule has 0 radical (unpaired) electrons. The smallest absolute Gasteiger partial charge is 0.258 e. The van der Waals surface area contributed by atoms with E-state index in [1.54, 1.807) is 0 Å². The van der Waals surface area contributed by atoms with Gasteiger partial charge in [0.25, 0.3) is 5.91 Å². The minimum Gasteiger partial charge on any atom is -0.484 e. The van der Waals surface area contributed by atoms with Crippen LogP contribution < -0.4 is 10.1 Å². The standard InChI is InChI=1S/C18H21BrN2O2/c1-21(2)12-17(14-6-4-3-5-7-14)20-18(22)13-23-16-10-8-15(19)9-11-16/h3-11,17H,12-13H2,1-2H3,(H,20,22)/t17-/m1/s1. The van der Waals surface area contributed by atoms with Crippen LogP contribution >= 0.6 is 15.9 Å². The molecular weight excluding hydrogens is 356 g/mol. The van der Waals surface area contributed by atoms with Crippen molar-refractivity contribution in [3.8, 4) is 5.75 Å². The number of hydrogen-bond acceptors (Lipinski definition) is 3. The highest BCUT2D eigenvalue weighted by Gasteiger charge is 2.15. The quantitative estimate of drug-likeness (QED) is 0.806. The Kier molecular flexibility index (Phi) is 6.62. The first kappa shape index (κ1) is 17.5. The average molecular weight is 377 g/mol. The molecule has 0 aliphatic rings. The van der Waals surface area contributed by atoms with Crippen molar-refractivity contribution in [2.75, 3.05) is 27.2 Å². The van der Waals surface area contributed by atoms with E-state index in [2.05, 4.69) is 21.2 Å². The molecule has 0 bridgehead atoms. The predicted molar refractivity (Wildman–Crippen MR) is 95.5 cm³/mol. The Morgan fingerprint density at radius 2 is 1.78 bits per heavy atom. The van der Waals surface area contributed by atoms with E-state index in [-0.39, 0.29) is 18.6 Å². The molecule has 2 aromatic rings. The molecule has 1 N–H and O–H groups in total. The van der Waals surface area contributed by atoms with Crippen LogP contribution in [0.5, 0.6) is 5.75 Å². The summed E-state index contributed by atoms with van der Waals surface area (Å²) in [5.74, 6) is 0.538.